The largest absolute Gasteiger partial charge is 0.356 e. The van der Waals surface area contributed by atoms with Gasteiger partial charge in [0.15, 0.2) is 11.2 Å². The maximum Gasteiger partial charge on any atom is 0.255 e. The fourth-order valence-electron chi connectivity index (χ4n) is 3.43. The Labute approximate surface area is 160 Å². The maximum atomic E-state index is 13.4. The van der Waals surface area contributed by atoms with Gasteiger partial charge in [0.05, 0.1) is 17.9 Å². The van der Waals surface area contributed by atoms with Crippen molar-refractivity contribution < 1.29 is 4.79 Å². The van der Waals surface area contributed by atoms with E-state index in [0.29, 0.717) is 15.7 Å². The van der Waals surface area contributed by atoms with Crippen LogP contribution in [-0.4, -0.2) is 32.7 Å². The van der Waals surface area contributed by atoms with Crippen LogP contribution in [0.5, 0.6) is 0 Å². The van der Waals surface area contributed by atoms with Crippen LogP contribution in [0.2, 0.25) is 0 Å². The molecule has 0 aliphatic carbocycles. The summed E-state index contributed by atoms with van der Waals surface area (Å²) in [7, 11) is 1.62. The van der Waals surface area contributed by atoms with E-state index in [0.717, 1.165) is 11.1 Å². The van der Waals surface area contributed by atoms with Crippen molar-refractivity contribution in [2.75, 3.05) is 7.05 Å². The van der Waals surface area contributed by atoms with Gasteiger partial charge in [-0.2, -0.15) is 5.10 Å². The average molecular weight is 375 g/mol. The number of hydrogen-bond acceptors (Lipinski definition) is 4. The maximum absolute atomic E-state index is 13.4. The third kappa shape index (κ3) is 2.55. The summed E-state index contributed by atoms with van der Waals surface area (Å²) in [4.78, 5) is 17.9. The smallest absolute Gasteiger partial charge is 0.255 e. The molecule has 0 saturated carbocycles. The van der Waals surface area contributed by atoms with Gasteiger partial charge in [0.1, 0.15) is 4.64 Å². The van der Waals surface area contributed by atoms with E-state index in [4.69, 9.17) is 12.2 Å². The first-order valence-electron chi connectivity index (χ1n) is 8.44. The van der Waals surface area contributed by atoms with Crippen molar-refractivity contribution >= 4 is 29.2 Å². The van der Waals surface area contributed by atoms with Crippen molar-refractivity contribution in [2.45, 2.75) is 5.54 Å². The summed E-state index contributed by atoms with van der Waals surface area (Å²) in [5.74, 6) is -0.208. The summed E-state index contributed by atoms with van der Waals surface area (Å²) in [6, 6.07) is 19.1. The van der Waals surface area contributed by atoms with Gasteiger partial charge in [0, 0.05) is 7.05 Å². The third-order valence-corrected chi connectivity index (χ3v) is 5.09. The molecule has 2 aromatic carbocycles. The molecule has 0 unspecified atom stereocenters. The molecule has 0 atom stereocenters. The van der Waals surface area contributed by atoms with E-state index >= 15 is 0 Å². The molecule has 7 heteroatoms. The van der Waals surface area contributed by atoms with E-state index < -0.39 is 5.54 Å². The number of carbonyl (C=O) groups is 1. The van der Waals surface area contributed by atoms with Crippen LogP contribution in [0.1, 0.15) is 11.1 Å². The molecule has 0 bridgehead atoms. The van der Waals surface area contributed by atoms with Crippen LogP contribution < -0.4 is 5.32 Å². The number of benzene rings is 2. The monoisotopic (exact) mass is 375 g/mol. The second-order valence-corrected chi connectivity index (χ2v) is 6.46. The van der Waals surface area contributed by atoms with Crippen LogP contribution in [-0.2, 0) is 10.3 Å². The molecule has 0 spiro atoms. The Morgan fingerprint density at radius 3 is 2.22 bits per heavy atom. The van der Waals surface area contributed by atoms with Crippen LogP contribution in [0.4, 0.5) is 0 Å². The molecule has 0 aliphatic heterocycles. The fraction of sp³-hybridized carbons (Fsp3) is 0.100. The Bertz CT molecular complexity index is 1110. The van der Waals surface area contributed by atoms with Gasteiger partial charge in [-0.15, -0.1) is 0 Å². The molecule has 2 heterocycles. The topological polar surface area (TPSA) is 75.6 Å². The highest BCUT2D eigenvalue weighted by molar-refractivity contribution is 7.71. The normalized spacial score (nSPS) is 11.4. The van der Waals surface area contributed by atoms with Crippen LogP contribution in [0, 0.1) is 4.64 Å². The number of likely N-dealkylation sites (N-methyl/N-ethyl adjacent to an activating group) is 1. The minimum Gasteiger partial charge on any atom is -0.356 e. The molecule has 134 valence electrons. The zero-order chi connectivity index (χ0) is 18.9. The van der Waals surface area contributed by atoms with Gasteiger partial charge >= 0.3 is 0 Å². The molecule has 0 saturated heterocycles. The third-order valence-electron chi connectivity index (χ3n) is 4.67. The molecule has 27 heavy (non-hydrogen) atoms. The lowest BCUT2D eigenvalue weighted by atomic mass is 9.81. The van der Waals surface area contributed by atoms with Crippen molar-refractivity contribution in [3.05, 3.63) is 89.0 Å². The molecular weight excluding hydrogens is 358 g/mol. The van der Waals surface area contributed by atoms with Gasteiger partial charge in [-0.3, -0.25) is 14.5 Å². The summed E-state index contributed by atoms with van der Waals surface area (Å²) < 4.78 is 2.22. The summed E-state index contributed by atoms with van der Waals surface area (Å²) in [6.45, 7) is 0. The predicted molar refractivity (Wildman–Crippen MR) is 106 cm³/mol. The van der Waals surface area contributed by atoms with E-state index in [1.54, 1.807) is 24.1 Å². The fourth-order valence-corrected chi connectivity index (χ4v) is 3.76. The van der Waals surface area contributed by atoms with Crippen molar-refractivity contribution in [2.24, 2.45) is 0 Å². The molecule has 6 nitrogen and oxygen atoms in total. The minimum atomic E-state index is -1.20. The number of aromatic amines is 1. The average Bonchev–Trinajstić information content (AvgIpc) is 3.21. The number of carbonyl (C=O) groups excluding carboxylic acids is 1. The van der Waals surface area contributed by atoms with Crippen LogP contribution in [0.3, 0.4) is 0 Å². The summed E-state index contributed by atoms with van der Waals surface area (Å²) in [6.07, 6.45) is 3.23. The van der Waals surface area contributed by atoms with Crippen LogP contribution in [0.25, 0.3) is 11.0 Å². The number of amides is 1. The molecule has 4 rings (SSSR count). The van der Waals surface area contributed by atoms with Crippen molar-refractivity contribution in [3.63, 3.8) is 0 Å². The molecule has 0 aliphatic rings. The van der Waals surface area contributed by atoms with E-state index in [2.05, 4.69) is 20.5 Å². The lowest BCUT2D eigenvalue weighted by Crippen LogP contribution is -2.50. The summed E-state index contributed by atoms with van der Waals surface area (Å²) >= 11 is 5.75. The lowest BCUT2D eigenvalue weighted by Gasteiger charge is -2.35. The second kappa shape index (κ2) is 6.77. The first-order chi connectivity index (χ1) is 13.2. The van der Waals surface area contributed by atoms with Crippen LogP contribution in [0.15, 0.2) is 73.2 Å². The molecule has 0 radical (unpaired) electrons. The van der Waals surface area contributed by atoms with Crippen molar-refractivity contribution in [1.29, 1.82) is 0 Å². The van der Waals surface area contributed by atoms with Crippen molar-refractivity contribution in [3.8, 4) is 0 Å². The Balaban J connectivity index is 2.16. The summed E-state index contributed by atoms with van der Waals surface area (Å²) in [5.41, 5.74) is 0.961. The highest BCUT2D eigenvalue weighted by atomic mass is 32.1. The second-order valence-electron chi connectivity index (χ2n) is 6.07. The first-order valence-corrected chi connectivity index (χ1v) is 8.85. The molecule has 4 aromatic rings. The molecule has 2 N–H and O–H groups in total. The zero-order valence-corrected chi connectivity index (χ0v) is 15.4. The molecular formula is C20H17N5OS. The Hall–Kier alpha value is -3.32. The van der Waals surface area contributed by atoms with E-state index in [-0.39, 0.29) is 5.91 Å². The van der Waals surface area contributed by atoms with Gasteiger partial charge in [-0.25, -0.2) is 4.98 Å². The standard InChI is InChI=1S/C20H17N5OS/c1-21-19(26)20(14-8-4-2-5-9-14,15-10-6-3-7-11-15)25-13-22-17-16(18(25)27)12-23-24-17/h2-13H,1H3,(H,21,26)(H,23,24). The van der Waals surface area contributed by atoms with Gasteiger partial charge in [-0.1, -0.05) is 72.9 Å². The Kier molecular flexibility index (Phi) is 4.29. The van der Waals surface area contributed by atoms with Crippen molar-refractivity contribution in [1.82, 2.24) is 25.1 Å². The number of H-pyrrole nitrogens is 1. The Morgan fingerprint density at radius 2 is 1.67 bits per heavy atom. The van der Waals surface area contributed by atoms with Gasteiger partial charge in [-0.05, 0) is 11.1 Å². The Morgan fingerprint density at radius 1 is 1.07 bits per heavy atom. The van der Waals surface area contributed by atoms with Gasteiger partial charge < -0.3 is 5.32 Å². The predicted octanol–water partition coefficient (Wildman–Crippen LogP) is 3.03. The minimum absolute atomic E-state index is 0.208. The van der Waals surface area contributed by atoms with E-state index in [1.165, 1.54) is 0 Å². The zero-order valence-electron chi connectivity index (χ0n) is 14.6. The number of nitrogens with one attached hydrogen (secondary N) is 2. The van der Waals surface area contributed by atoms with E-state index in [9.17, 15) is 4.79 Å². The number of fused-ring (bicyclic) bond motifs is 1. The molecule has 1 amide bonds. The molecule has 0 fully saturated rings. The number of hydrogen-bond donors (Lipinski definition) is 2. The lowest BCUT2D eigenvalue weighted by molar-refractivity contribution is -0.125. The summed E-state index contributed by atoms with van der Waals surface area (Å²) in [5, 5.41) is 10.3. The number of rotatable bonds is 4. The van der Waals surface area contributed by atoms with Gasteiger partial charge in [0.2, 0.25) is 0 Å². The highest BCUT2D eigenvalue weighted by Gasteiger charge is 2.44. The number of nitrogens with zero attached hydrogens (tertiary/aromatic N) is 3. The van der Waals surface area contributed by atoms with E-state index in [1.807, 2.05) is 60.7 Å². The quantitative estimate of drug-likeness (QED) is 0.538. The van der Waals surface area contributed by atoms with Gasteiger partial charge in [0.25, 0.3) is 5.91 Å². The van der Waals surface area contributed by atoms with Crippen LogP contribution >= 0.6 is 12.2 Å². The SMILES string of the molecule is CNC(=O)C(c1ccccc1)(c1ccccc1)n1cnc2[nH]ncc2c1=S. The number of aromatic nitrogens is 4. The first kappa shape index (κ1) is 17.1. The highest BCUT2D eigenvalue weighted by Crippen LogP contribution is 2.35. The molecule has 2 aromatic heterocycles.